The number of hydrogen-bond acceptors (Lipinski definition) is 4. The summed E-state index contributed by atoms with van der Waals surface area (Å²) in [6, 6.07) is 1.64. The third kappa shape index (κ3) is 4.70. The molecule has 0 saturated carbocycles. The third-order valence-electron chi connectivity index (χ3n) is 1.97. The summed E-state index contributed by atoms with van der Waals surface area (Å²) >= 11 is 3.24. The first-order chi connectivity index (χ1) is 8.00. The standard InChI is InChI=1S/C11H16BrN3O2/c1-7(2)17-4-3-14-11(16)9-5-8(12)6-15-10(9)13/h5-7H,3-4H2,1-2H3,(H2,13,15)(H,14,16). The van der Waals surface area contributed by atoms with Crippen LogP contribution in [0.25, 0.3) is 0 Å². The van der Waals surface area contributed by atoms with Crippen LogP contribution >= 0.6 is 15.9 Å². The Labute approximate surface area is 109 Å². The number of nitrogen functional groups attached to an aromatic ring is 1. The van der Waals surface area contributed by atoms with E-state index in [-0.39, 0.29) is 17.8 Å². The van der Waals surface area contributed by atoms with Crippen LogP contribution < -0.4 is 11.1 Å². The van der Waals surface area contributed by atoms with Crippen LogP contribution in [0.4, 0.5) is 5.82 Å². The number of ether oxygens (including phenoxy) is 1. The fourth-order valence-electron chi connectivity index (χ4n) is 1.19. The number of carbonyl (C=O) groups excluding carboxylic acids is 1. The Morgan fingerprint density at radius 3 is 3.00 bits per heavy atom. The molecule has 0 aliphatic carbocycles. The predicted octanol–water partition coefficient (Wildman–Crippen LogP) is 1.58. The third-order valence-corrected chi connectivity index (χ3v) is 2.40. The van der Waals surface area contributed by atoms with Crippen molar-refractivity contribution in [2.45, 2.75) is 20.0 Å². The number of nitrogens with one attached hydrogen (secondary N) is 1. The van der Waals surface area contributed by atoms with E-state index in [2.05, 4.69) is 26.2 Å². The second-order valence-corrected chi connectivity index (χ2v) is 4.68. The summed E-state index contributed by atoms with van der Waals surface area (Å²) in [5.41, 5.74) is 5.98. The average molecular weight is 302 g/mol. The van der Waals surface area contributed by atoms with Crippen molar-refractivity contribution < 1.29 is 9.53 Å². The lowest BCUT2D eigenvalue weighted by Gasteiger charge is -2.09. The van der Waals surface area contributed by atoms with Crippen molar-refractivity contribution in [1.82, 2.24) is 10.3 Å². The highest BCUT2D eigenvalue weighted by Crippen LogP contribution is 2.15. The van der Waals surface area contributed by atoms with E-state index < -0.39 is 0 Å². The number of nitrogens with zero attached hydrogens (tertiary/aromatic N) is 1. The number of hydrogen-bond donors (Lipinski definition) is 2. The maximum absolute atomic E-state index is 11.8. The largest absolute Gasteiger partial charge is 0.383 e. The molecule has 6 heteroatoms. The Morgan fingerprint density at radius 2 is 2.35 bits per heavy atom. The molecule has 1 heterocycles. The number of halogens is 1. The minimum atomic E-state index is -0.247. The molecule has 0 aliphatic rings. The molecule has 0 atom stereocenters. The van der Waals surface area contributed by atoms with Gasteiger partial charge in [-0.05, 0) is 35.8 Å². The van der Waals surface area contributed by atoms with Crippen LogP contribution in [0, 0.1) is 0 Å². The molecule has 1 aromatic heterocycles. The number of rotatable bonds is 5. The molecule has 0 aromatic carbocycles. The first-order valence-corrected chi connectivity index (χ1v) is 6.11. The zero-order valence-electron chi connectivity index (χ0n) is 9.87. The molecular formula is C11H16BrN3O2. The van der Waals surface area contributed by atoms with Crippen LogP contribution in [-0.2, 0) is 4.74 Å². The Bertz CT molecular complexity index is 396. The topological polar surface area (TPSA) is 77.2 Å². The first kappa shape index (κ1) is 13.9. The van der Waals surface area contributed by atoms with Gasteiger partial charge in [0.05, 0.1) is 18.3 Å². The van der Waals surface area contributed by atoms with Crippen LogP contribution in [0.2, 0.25) is 0 Å². The van der Waals surface area contributed by atoms with Gasteiger partial charge >= 0.3 is 0 Å². The molecule has 1 rings (SSSR count). The molecule has 0 unspecified atom stereocenters. The van der Waals surface area contributed by atoms with Gasteiger partial charge < -0.3 is 15.8 Å². The normalized spacial score (nSPS) is 10.6. The SMILES string of the molecule is CC(C)OCCNC(=O)c1cc(Br)cnc1N. The Morgan fingerprint density at radius 1 is 1.65 bits per heavy atom. The van der Waals surface area contributed by atoms with Crippen molar-refractivity contribution in [3.8, 4) is 0 Å². The number of anilines is 1. The van der Waals surface area contributed by atoms with E-state index in [9.17, 15) is 4.79 Å². The summed E-state index contributed by atoms with van der Waals surface area (Å²) in [6.45, 7) is 4.81. The maximum Gasteiger partial charge on any atom is 0.255 e. The highest BCUT2D eigenvalue weighted by atomic mass is 79.9. The van der Waals surface area contributed by atoms with Crippen molar-refractivity contribution in [3.63, 3.8) is 0 Å². The van der Waals surface area contributed by atoms with E-state index in [1.165, 1.54) is 0 Å². The summed E-state index contributed by atoms with van der Waals surface area (Å²) < 4.78 is 6.03. The summed E-state index contributed by atoms with van der Waals surface area (Å²) in [6.07, 6.45) is 1.71. The van der Waals surface area contributed by atoms with Crippen LogP contribution in [-0.4, -0.2) is 30.1 Å². The number of nitrogens with two attached hydrogens (primary N) is 1. The van der Waals surface area contributed by atoms with Crippen LogP contribution in [0.3, 0.4) is 0 Å². The number of amides is 1. The molecule has 5 nitrogen and oxygen atoms in total. The van der Waals surface area contributed by atoms with E-state index in [0.29, 0.717) is 18.7 Å². The van der Waals surface area contributed by atoms with Crippen molar-refractivity contribution in [3.05, 3.63) is 22.3 Å². The molecule has 0 aliphatic heterocycles. The van der Waals surface area contributed by atoms with Crippen molar-refractivity contribution in [2.75, 3.05) is 18.9 Å². The second kappa shape index (κ2) is 6.56. The molecule has 0 spiro atoms. The van der Waals surface area contributed by atoms with E-state index in [0.717, 1.165) is 4.47 Å². The Kier molecular flexibility index (Phi) is 5.37. The molecular weight excluding hydrogens is 286 g/mol. The van der Waals surface area contributed by atoms with Crippen LogP contribution in [0.1, 0.15) is 24.2 Å². The highest BCUT2D eigenvalue weighted by molar-refractivity contribution is 9.10. The van der Waals surface area contributed by atoms with E-state index in [1.54, 1.807) is 12.3 Å². The quantitative estimate of drug-likeness (QED) is 0.810. The van der Waals surface area contributed by atoms with Crippen LogP contribution in [0.15, 0.2) is 16.7 Å². The molecule has 94 valence electrons. The van der Waals surface area contributed by atoms with Gasteiger partial charge in [0.15, 0.2) is 0 Å². The second-order valence-electron chi connectivity index (χ2n) is 3.76. The van der Waals surface area contributed by atoms with E-state index in [1.807, 2.05) is 13.8 Å². The molecule has 1 aromatic rings. The monoisotopic (exact) mass is 301 g/mol. The minimum absolute atomic E-state index is 0.157. The number of aromatic nitrogens is 1. The van der Waals surface area contributed by atoms with Gasteiger partial charge in [-0.1, -0.05) is 0 Å². The van der Waals surface area contributed by atoms with Gasteiger partial charge in [0.2, 0.25) is 0 Å². The first-order valence-electron chi connectivity index (χ1n) is 5.31. The lowest BCUT2D eigenvalue weighted by Crippen LogP contribution is -2.28. The zero-order valence-corrected chi connectivity index (χ0v) is 11.5. The summed E-state index contributed by atoms with van der Waals surface area (Å²) in [5.74, 6) is -0.0286. The molecule has 17 heavy (non-hydrogen) atoms. The van der Waals surface area contributed by atoms with E-state index >= 15 is 0 Å². The van der Waals surface area contributed by atoms with Crippen molar-refractivity contribution in [1.29, 1.82) is 0 Å². The minimum Gasteiger partial charge on any atom is -0.383 e. The predicted molar refractivity (Wildman–Crippen MR) is 69.8 cm³/mol. The maximum atomic E-state index is 11.8. The van der Waals surface area contributed by atoms with Gasteiger partial charge in [-0.2, -0.15) is 0 Å². The highest BCUT2D eigenvalue weighted by Gasteiger charge is 2.10. The summed E-state index contributed by atoms with van der Waals surface area (Å²) in [7, 11) is 0. The fourth-order valence-corrected chi connectivity index (χ4v) is 1.52. The Hall–Kier alpha value is -1.14. The van der Waals surface area contributed by atoms with E-state index in [4.69, 9.17) is 10.5 Å². The lowest BCUT2D eigenvalue weighted by atomic mass is 10.2. The van der Waals surface area contributed by atoms with Gasteiger partial charge in [0, 0.05) is 17.2 Å². The zero-order chi connectivity index (χ0) is 12.8. The Balaban J connectivity index is 2.49. The molecule has 0 saturated heterocycles. The van der Waals surface area contributed by atoms with Gasteiger partial charge in [0.1, 0.15) is 5.82 Å². The number of carbonyl (C=O) groups is 1. The number of pyridine rings is 1. The molecule has 3 N–H and O–H groups in total. The van der Waals surface area contributed by atoms with Gasteiger partial charge in [-0.15, -0.1) is 0 Å². The lowest BCUT2D eigenvalue weighted by molar-refractivity contribution is 0.0747. The van der Waals surface area contributed by atoms with Gasteiger partial charge in [-0.3, -0.25) is 4.79 Å². The van der Waals surface area contributed by atoms with Crippen molar-refractivity contribution in [2.24, 2.45) is 0 Å². The summed E-state index contributed by atoms with van der Waals surface area (Å²) in [4.78, 5) is 15.6. The molecule has 0 fully saturated rings. The average Bonchev–Trinajstić information content (AvgIpc) is 2.27. The van der Waals surface area contributed by atoms with Crippen molar-refractivity contribution >= 4 is 27.7 Å². The molecule has 0 radical (unpaired) electrons. The fraction of sp³-hybridized carbons (Fsp3) is 0.455. The van der Waals surface area contributed by atoms with Gasteiger partial charge in [0.25, 0.3) is 5.91 Å². The smallest absolute Gasteiger partial charge is 0.255 e. The molecule has 0 bridgehead atoms. The van der Waals surface area contributed by atoms with Gasteiger partial charge in [-0.25, -0.2) is 4.98 Å². The van der Waals surface area contributed by atoms with Crippen LogP contribution in [0.5, 0.6) is 0 Å². The summed E-state index contributed by atoms with van der Waals surface area (Å²) in [5, 5.41) is 2.72. The molecule has 1 amide bonds.